The highest BCUT2D eigenvalue weighted by Crippen LogP contribution is 2.27. The summed E-state index contributed by atoms with van der Waals surface area (Å²) in [6.07, 6.45) is 6.70. The lowest BCUT2D eigenvalue weighted by molar-refractivity contribution is -0.269. The van der Waals surface area contributed by atoms with Crippen LogP contribution in [0.2, 0.25) is 0 Å². The van der Waals surface area contributed by atoms with Crippen molar-refractivity contribution < 1.29 is 10.3 Å². The first-order valence-electron chi connectivity index (χ1n) is 5.08. The minimum atomic E-state index is -1.07. The van der Waals surface area contributed by atoms with Gasteiger partial charge in [-0.05, 0) is 25.7 Å². The molecule has 0 aliphatic heterocycles. The van der Waals surface area contributed by atoms with Gasteiger partial charge in [0.05, 0.1) is 6.67 Å². The van der Waals surface area contributed by atoms with Gasteiger partial charge in [-0.15, -0.1) is 5.06 Å². The van der Waals surface area contributed by atoms with Gasteiger partial charge < -0.3 is 16.0 Å². The number of nitrogens with zero attached hydrogens (tertiary/aromatic N) is 1. The minimum Gasteiger partial charge on any atom is -0.373 e. The number of hydrogen-bond donors (Lipinski definition) is 3. The van der Waals surface area contributed by atoms with Crippen molar-refractivity contribution in [2.24, 2.45) is 5.73 Å². The summed E-state index contributed by atoms with van der Waals surface area (Å²) >= 11 is 0. The van der Waals surface area contributed by atoms with Crippen molar-refractivity contribution in [3.8, 4) is 0 Å². The SMILES string of the molecule is NCN(O)C1(O)CCCCCCC1. The van der Waals surface area contributed by atoms with E-state index in [0.717, 1.165) is 30.7 Å². The van der Waals surface area contributed by atoms with E-state index in [1.54, 1.807) is 0 Å². The molecule has 0 bridgehead atoms. The van der Waals surface area contributed by atoms with E-state index in [0.29, 0.717) is 12.8 Å². The smallest absolute Gasteiger partial charge is 0.141 e. The van der Waals surface area contributed by atoms with E-state index in [4.69, 9.17) is 5.73 Å². The lowest BCUT2D eigenvalue weighted by Gasteiger charge is -2.35. The molecule has 4 heteroatoms. The molecule has 4 nitrogen and oxygen atoms in total. The Bertz CT molecular complexity index is 145. The molecule has 1 aliphatic rings. The zero-order valence-corrected chi connectivity index (χ0v) is 8.08. The van der Waals surface area contributed by atoms with Gasteiger partial charge in [-0.2, -0.15) is 0 Å². The molecule has 0 aromatic carbocycles. The maximum Gasteiger partial charge on any atom is 0.141 e. The standard InChI is InChI=1S/C9H20N2O2/c10-8-11(13)9(12)6-4-2-1-3-5-7-9/h12-13H,1-8,10H2. The average Bonchev–Trinajstić information content (AvgIpc) is 2.10. The Morgan fingerprint density at radius 2 is 1.54 bits per heavy atom. The van der Waals surface area contributed by atoms with E-state index >= 15 is 0 Å². The van der Waals surface area contributed by atoms with Crippen molar-refractivity contribution in [2.45, 2.75) is 50.7 Å². The number of rotatable bonds is 2. The molecule has 78 valence electrons. The van der Waals surface area contributed by atoms with Gasteiger partial charge in [0.15, 0.2) is 0 Å². The van der Waals surface area contributed by atoms with Crippen molar-refractivity contribution in [3.63, 3.8) is 0 Å². The predicted octanol–water partition coefficient (Wildman–Crippen LogP) is 1.03. The van der Waals surface area contributed by atoms with Crippen molar-refractivity contribution >= 4 is 0 Å². The first-order chi connectivity index (χ1) is 6.19. The maximum atomic E-state index is 10.0. The van der Waals surface area contributed by atoms with Crippen LogP contribution in [-0.4, -0.2) is 27.8 Å². The summed E-state index contributed by atoms with van der Waals surface area (Å²) < 4.78 is 0. The second-order valence-electron chi connectivity index (χ2n) is 3.83. The summed E-state index contributed by atoms with van der Waals surface area (Å²) in [5, 5.41) is 20.3. The van der Waals surface area contributed by atoms with Crippen molar-refractivity contribution in [2.75, 3.05) is 6.67 Å². The zero-order chi connectivity index (χ0) is 9.73. The molecule has 0 aromatic rings. The summed E-state index contributed by atoms with van der Waals surface area (Å²) in [6, 6.07) is 0. The van der Waals surface area contributed by atoms with Gasteiger partial charge in [-0.1, -0.05) is 19.3 Å². The molecular weight excluding hydrogens is 168 g/mol. The number of nitrogens with two attached hydrogens (primary N) is 1. The fraction of sp³-hybridized carbons (Fsp3) is 1.00. The molecule has 4 N–H and O–H groups in total. The van der Waals surface area contributed by atoms with E-state index in [1.807, 2.05) is 0 Å². The monoisotopic (exact) mass is 188 g/mol. The normalized spacial score (nSPS) is 24.0. The summed E-state index contributed by atoms with van der Waals surface area (Å²) in [7, 11) is 0. The Kier molecular flexibility index (Phi) is 4.12. The van der Waals surface area contributed by atoms with Gasteiger partial charge in [-0.3, -0.25) is 0 Å². The average molecular weight is 188 g/mol. The Balaban J connectivity index is 2.51. The van der Waals surface area contributed by atoms with Crippen molar-refractivity contribution in [3.05, 3.63) is 0 Å². The second kappa shape index (κ2) is 4.91. The number of hydrogen-bond acceptors (Lipinski definition) is 4. The minimum absolute atomic E-state index is 0.00347. The largest absolute Gasteiger partial charge is 0.373 e. The lowest BCUT2D eigenvalue weighted by Crippen LogP contribution is -2.49. The van der Waals surface area contributed by atoms with Gasteiger partial charge in [0.1, 0.15) is 5.72 Å². The molecule has 0 amide bonds. The molecule has 0 spiro atoms. The molecule has 0 heterocycles. The summed E-state index contributed by atoms with van der Waals surface area (Å²) in [4.78, 5) is 0. The van der Waals surface area contributed by atoms with Crippen molar-refractivity contribution in [1.29, 1.82) is 0 Å². The Morgan fingerprint density at radius 3 is 2.00 bits per heavy atom. The van der Waals surface area contributed by atoms with E-state index in [2.05, 4.69) is 0 Å². The first kappa shape index (κ1) is 10.9. The van der Waals surface area contributed by atoms with Crippen LogP contribution >= 0.6 is 0 Å². The Morgan fingerprint density at radius 1 is 1.08 bits per heavy atom. The molecule has 1 saturated carbocycles. The molecular formula is C9H20N2O2. The van der Waals surface area contributed by atoms with Gasteiger partial charge in [-0.25, -0.2) is 0 Å². The molecule has 0 unspecified atom stereocenters. The third kappa shape index (κ3) is 2.91. The summed E-state index contributed by atoms with van der Waals surface area (Å²) in [5.74, 6) is 0. The maximum absolute atomic E-state index is 10.0. The van der Waals surface area contributed by atoms with E-state index in [-0.39, 0.29) is 6.67 Å². The fourth-order valence-electron chi connectivity index (χ4n) is 1.90. The zero-order valence-electron chi connectivity index (χ0n) is 8.08. The Labute approximate surface area is 79.3 Å². The highest BCUT2D eigenvalue weighted by Gasteiger charge is 2.32. The van der Waals surface area contributed by atoms with Crippen LogP contribution in [0.3, 0.4) is 0 Å². The van der Waals surface area contributed by atoms with Crippen molar-refractivity contribution in [1.82, 2.24) is 5.06 Å². The van der Waals surface area contributed by atoms with Crippen LogP contribution in [0.25, 0.3) is 0 Å². The first-order valence-corrected chi connectivity index (χ1v) is 5.08. The van der Waals surface area contributed by atoms with Crippen LogP contribution < -0.4 is 5.73 Å². The van der Waals surface area contributed by atoms with Gasteiger partial charge in [0.25, 0.3) is 0 Å². The quantitative estimate of drug-likeness (QED) is 0.447. The van der Waals surface area contributed by atoms with E-state index < -0.39 is 5.72 Å². The van der Waals surface area contributed by atoms with Crippen LogP contribution in [0.5, 0.6) is 0 Å². The topological polar surface area (TPSA) is 69.7 Å². The highest BCUT2D eigenvalue weighted by atomic mass is 16.5. The summed E-state index contributed by atoms with van der Waals surface area (Å²) in [6.45, 7) is -0.00347. The fourth-order valence-corrected chi connectivity index (χ4v) is 1.90. The third-order valence-corrected chi connectivity index (χ3v) is 2.81. The van der Waals surface area contributed by atoms with Gasteiger partial charge in [0, 0.05) is 0 Å². The van der Waals surface area contributed by atoms with Crippen LogP contribution in [0.15, 0.2) is 0 Å². The third-order valence-electron chi connectivity index (χ3n) is 2.81. The Hall–Kier alpha value is -0.160. The molecule has 0 saturated heterocycles. The molecule has 1 fully saturated rings. The molecule has 1 rings (SSSR count). The summed E-state index contributed by atoms with van der Waals surface area (Å²) in [5.41, 5.74) is 4.22. The highest BCUT2D eigenvalue weighted by molar-refractivity contribution is 4.75. The molecule has 0 aromatic heterocycles. The number of aliphatic hydroxyl groups is 1. The van der Waals surface area contributed by atoms with E-state index in [1.165, 1.54) is 6.42 Å². The molecule has 0 radical (unpaired) electrons. The van der Waals surface area contributed by atoms with E-state index in [9.17, 15) is 10.3 Å². The predicted molar refractivity (Wildman–Crippen MR) is 49.9 cm³/mol. The molecule has 1 aliphatic carbocycles. The van der Waals surface area contributed by atoms with Gasteiger partial charge >= 0.3 is 0 Å². The second-order valence-corrected chi connectivity index (χ2v) is 3.83. The van der Waals surface area contributed by atoms with Crippen LogP contribution in [0.1, 0.15) is 44.9 Å². The van der Waals surface area contributed by atoms with Crippen LogP contribution in [0, 0.1) is 0 Å². The molecule has 13 heavy (non-hydrogen) atoms. The van der Waals surface area contributed by atoms with Gasteiger partial charge in [0.2, 0.25) is 0 Å². The van der Waals surface area contributed by atoms with Crippen LogP contribution in [0.4, 0.5) is 0 Å². The van der Waals surface area contributed by atoms with Crippen LogP contribution in [-0.2, 0) is 0 Å². The lowest BCUT2D eigenvalue weighted by atomic mass is 9.93. The molecule has 0 atom stereocenters. The number of hydroxylamine groups is 2.